The van der Waals surface area contributed by atoms with Crippen molar-refractivity contribution >= 4 is 5.91 Å². The number of rotatable bonds is 4. The largest absolute Gasteiger partial charge is 0.497 e. The van der Waals surface area contributed by atoms with Gasteiger partial charge in [-0.05, 0) is 38.5 Å². The Hall–Kier alpha value is -2.49. The first-order chi connectivity index (χ1) is 11.9. The van der Waals surface area contributed by atoms with E-state index in [1.807, 2.05) is 63.2 Å². The summed E-state index contributed by atoms with van der Waals surface area (Å²) in [6, 6.07) is 13.8. The van der Waals surface area contributed by atoms with Crippen molar-refractivity contribution < 1.29 is 14.3 Å². The Balaban J connectivity index is 1.77. The van der Waals surface area contributed by atoms with E-state index in [0.717, 1.165) is 29.0 Å². The number of nitrogens with one attached hydrogen (secondary N) is 1. The number of carbonyl (C=O) groups excluding carboxylic acids is 1. The number of benzene rings is 2. The van der Waals surface area contributed by atoms with E-state index in [-0.39, 0.29) is 17.6 Å². The number of aryl methyl sites for hydroxylation is 1. The monoisotopic (exact) mass is 339 g/mol. The standard InChI is InChI=1S/C21H25NO3/c1-14-5-7-15(8-6-14)11-20(23)22-18-13-21(2,3)25-19-12-16(24-4)9-10-17(18)19/h5-10,12,18H,11,13H2,1-4H3,(H,22,23)/t18-/m1/s1. The third kappa shape index (κ3) is 4.13. The molecule has 2 aromatic rings. The Morgan fingerprint density at radius 1 is 1.24 bits per heavy atom. The van der Waals surface area contributed by atoms with Crippen LogP contribution in [0.2, 0.25) is 0 Å². The molecule has 1 N–H and O–H groups in total. The summed E-state index contributed by atoms with van der Waals surface area (Å²) in [6.07, 6.45) is 1.11. The molecule has 132 valence electrons. The van der Waals surface area contributed by atoms with E-state index < -0.39 is 0 Å². The number of fused-ring (bicyclic) bond motifs is 1. The summed E-state index contributed by atoms with van der Waals surface area (Å²) in [4.78, 5) is 12.5. The van der Waals surface area contributed by atoms with Crippen LogP contribution in [0, 0.1) is 6.92 Å². The van der Waals surface area contributed by atoms with Crippen LogP contribution in [0.3, 0.4) is 0 Å². The summed E-state index contributed by atoms with van der Waals surface area (Å²) in [5.41, 5.74) is 2.86. The van der Waals surface area contributed by atoms with Crippen LogP contribution >= 0.6 is 0 Å². The first-order valence-corrected chi connectivity index (χ1v) is 8.58. The number of ether oxygens (including phenoxy) is 2. The van der Waals surface area contributed by atoms with Gasteiger partial charge in [-0.2, -0.15) is 0 Å². The van der Waals surface area contributed by atoms with E-state index in [1.54, 1.807) is 7.11 Å². The molecule has 1 heterocycles. The molecule has 1 atom stereocenters. The van der Waals surface area contributed by atoms with Crippen molar-refractivity contribution in [2.75, 3.05) is 7.11 Å². The lowest BCUT2D eigenvalue weighted by Crippen LogP contribution is -2.41. The van der Waals surface area contributed by atoms with Crippen molar-refractivity contribution in [3.05, 3.63) is 59.2 Å². The summed E-state index contributed by atoms with van der Waals surface area (Å²) in [5, 5.41) is 3.17. The van der Waals surface area contributed by atoms with E-state index in [9.17, 15) is 4.79 Å². The van der Waals surface area contributed by atoms with Crippen molar-refractivity contribution in [2.24, 2.45) is 0 Å². The van der Waals surface area contributed by atoms with Gasteiger partial charge in [-0.25, -0.2) is 0 Å². The molecule has 1 amide bonds. The molecule has 0 bridgehead atoms. The average molecular weight is 339 g/mol. The first-order valence-electron chi connectivity index (χ1n) is 8.58. The number of hydrogen-bond donors (Lipinski definition) is 1. The van der Waals surface area contributed by atoms with Crippen LogP contribution in [0.4, 0.5) is 0 Å². The topological polar surface area (TPSA) is 47.6 Å². The predicted molar refractivity (Wildman–Crippen MR) is 98.1 cm³/mol. The molecule has 2 aromatic carbocycles. The van der Waals surface area contributed by atoms with E-state index >= 15 is 0 Å². The van der Waals surface area contributed by atoms with Crippen molar-refractivity contribution in [2.45, 2.75) is 45.3 Å². The maximum Gasteiger partial charge on any atom is 0.224 e. The molecule has 0 radical (unpaired) electrons. The minimum atomic E-state index is -0.346. The van der Waals surface area contributed by atoms with Crippen LogP contribution in [0.15, 0.2) is 42.5 Å². The summed E-state index contributed by atoms with van der Waals surface area (Å²) >= 11 is 0. The van der Waals surface area contributed by atoms with Gasteiger partial charge in [0.15, 0.2) is 0 Å². The van der Waals surface area contributed by atoms with E-state index in [0.29, 0.717) is 6.42 Å². The molecule has 1 aliphatic rings. The molecule has 0 fully saturated rings. The van der Waals surface area contributed by atoms with Gasteiger partial charge in [0.25, 0.3) is 0 Å². The van der Waals surface area contributed by atoms with Crippen molar-refractivity contribution in [3.8, 4) is 11.5 Å². The molecular weight excluding hydrogens is 314 g/mol. The summed E-state index contributed by atoms with van der Waals surface area (Å²) in [5.74, 6) is 1.55. The molecule has 0 aliphatic carbocycles. The van der Waals surface area contributed by atoms with Gasteiger partial charge < -0.3 is 14.8 Å². The van der Waals surface area contributed by atoms with Crippen molar-refractivity contribution in [3.63, 3.8) is 0 Å². The number of amides is 1. The zero-order chi connectivity index (χ0) is 18.0. The maximum atomic E-state index is 12.5. The van der Waals surface area contributed by atoms with Gasteiger partial charge in [-0.3, -0.25) is 4.79 Å². The lowest BCUT2D eigenvalue weighted by molar-refractivity contribution is -0.121. The highest BCUT2D eigenvalue weighted by Gasteiger charge is 2.34. The maximum absolute atomic E-state index is 12.5. The smallest absolute Gasteiger partial charge is 0.224 e. The molecule has 1 aliphatic heterocycles. The molecule has 0 saturated carbocycles. The Labute approximate surface area is 149 Å². The van der Waals surface area contributed by atoms with Crippen LogP contribution < -0.4 is 14.8 Å². The predicted octanol–water partition coefficient (Wildman–Crippen LogP) is 3.96. The van der Waals surface area contributed by atoms with Crippen molar-refractivity contribution in [1.29, 1.82) is 0 Å². The second kappa shape index (κ2) is 6.79. The Kier molecular flexibility index (Phi) is 4.71. The molecule has 4 nitrogen and oxygen atoms in total. The fraction of sp³-hybridized carbons (Fsp3) is 0.381. The van der Waals surface area contributed by atoms with Crippen LogP contribution in [-0.4, -0.2) is 18.6 Å². The third-order valence-electron chi connectivity index (χ3n) is 4.50. The molecule has 4 heteroatoms. The fourth-order valence-electron chi connectivity index (χ4n) is 3.22. The molecule has 0 saturated heterocycles. The van der Waals surface area contributed by atoms with Gasteiger partial charge in [0.1, 0.15) is 17.1 Å². The van der Waals surface area contributed by atoms with Gasteiger partial charge in [-0.15, -0.1) is 0 Å². The summed E-state index contributed by atoms with van der Waals surface area (Å²) < 4.78 is 11.4. The van der Waals surface area contributed by atoms with E-state index in [1.165, 1.54) is 5.56 Å². The van der Waals surface area contributed by atoms with Crippen LogP contribution in [-0.2, 0) is 11.2 Å². The first kappa shape index (κ1) is 17.3. The zero-order valence-corrected chi connectivity index (χ0v) is 15.3. The van der Waals surface area contributed by atoms with Gasteiger partial charge in [0.05, 0.1) is 19.6 Å². The SMILES string of the molecule is COc1ccc2c(c1)OC(C)(C)C[C@H]2NC(=O)Cc1ccc(C)cc1. The highest BCUT2D eigenvalue weighted by Crippen LogP contribution is 2.41. The second-order valence-electron chi connectivity index (χ2n) is 7.25. The zero-order valence-electron chi connectivity index (χ0n) is 15.3. The molecule has 3 rings (SSSR count). The van der Waals surface area contributed by atoms with Gasteiger partial charge in [0, 0.05) is 18.1 Å². The number of methoxy groups -OCH3 is 1. The van der Waals surface area contributed by atoms with E-state index in [4.69, 9.17) is 9.47 Å². The quantitative estimate of drug-likeness (QED) is 0.917. The molecule has 0 spiro atoms. The Morgan fingerprint density at radius 3 is 2.64 bits per heavy atom. The number of carbonyl (C=O) groups is 1. The second-order valence-corrected chi connectivity index (χ2v) is 7.25. The highest BCUT2D eigenvalue weighted by atomic mass is 16.5. The Bertz CT molecular complexity index is 765. The average Bonchev–Trinajstić information content (AvgIpc) is 2.55. The Morgan fingerprint density at radius 2 is 1.96 bits per heavy atom. The van der Waals surface area contributed by atoms with Gasteiger partial charge in [0.2, 0.25) is 5.91 Å². The lowest BCUT2D eigenvalue weighted by Gasteiger charge is -2.38. The van der Waals surface area contributed by atoms with Gasteiger partial charge in [-0.1, -0.05) is 29.8 Å². The van der Waals surface area contributed by atoms with Crippen LogP contribution in [0.1, 0.15) is 43.0 Å². The highest BCUT2D eigenvalue weighted by molar-refractivity contribution is 5.79. The molecule has 0 unspecified atom stereocenters. The van der Waals surface area contributed by atoms with Crippen LogP contribution in [0.5, 0.6) is 11.5 Å². The van der Waals surface area contributed by atoms with Crippen molar-refractivity contribution in [1.82, 2.24) is 5.32 Å². The fourth-order valence-corrected chi connectivity index (χ4v) is 3.22. The third-order valence-corrected chi connectivity index (χ3v) is 4.50. The lowest BCUT2D eigenvalue weighted by atomic mass is 9.89. The molecule has 25 heavy (non-hydrogen) atoms. The normalized spacial score (nSPS) is 18.0. The minimum absolute atomic E-state index is 0.0216. The molecule has 0 aromatic heterocycles. The van der Waals surface area contributed by atoms with E-state index in [2.05, 4.69) is 5.32 Å². The molecular formula is C21H25NO3. The van der Waals surface area contributed by atoms with Crippen LogP contribution in [0.25, 0.3) is 0 Å². The minimum Gasteiger partial charge on any atom is -0.497 e. The summed E-state index contributed by atoms with van der Waals surface area (Å²) in [7, 11) is 1.64. The summed E-state index contributed by atoms with van der Waals surface area (Å²) in [6.45, 7) is 6.11. The van der Waals surface area contributed by atoms with Gasteiger partial charge >= 0.3 is 0 Å². The number of hydrogen-bond acceptors (Lipinski definition) is 3.